The number of nitrogens with zero attached hydrogens (tertiary/aromatic N) is 2. The molecule has 0 aromatic heterocycles. The first-order chi connectivity index (χ1) is 7.09. The molecule has 0 aliphatic carbocycles. The van der Waals surface area contributed by atoms with E-state index in [1.165, 1.54) is 0 Å². The maximum atomic E-state index is 11.1. The molecule has 0 N–H and O–H groups in total. The lowest BCUT2D eigenvalue weighted by Gasteiger charge is -2.18. The fourth-order valence-corrected chi connectivity index (χ4v) is 1.38. The minimum Gasteiger partial charge on any atom is -0.272 e. The Bertz CT molecular complexity index is 298. The van der Waals surface area contributed by atoms with Crippen LogP contribution in [-0.4, -0.2) is 33.8 Å². The average molecular weight is 212 g/mol. The number of carbonyl (C=O) groups excluding carboxylic acids is 4. The molecule has 2 saturated heterocycles. The van der Waals surface area contributed by atoms with Crippen LogP contribution in [0.3, 0.4) is 0 Å². The summed E-state index contributed by atoms with van der Waals surface area (Å²) in [6.45, 7) is 0. The van der Waals surface area contributed by atoms with Gasteiger partial charge in [-0.1, -0.05) is 0 Å². The zero-order valence-electron chi connectivity index (χ0n) is 7.76. The standard InChI is InChI=1S/C8H8N2O5/c11-5-1-2-6(12)9(5)15-10-7(13)3-4-8(10)14/h1-4H2. The van der Waals surface area contributed by atoms with Crippen LogP contribution in [0.25, 0.3) is 0 Å². The van der Waals surface area contributed by atoms with E-state index in [-0.39, 0.29) is 25.7 Å². The molecule has 0 aromatic carbocycles. The van der Waals surface area contributed by atoms with Gasteiger partial charge < -0.3 is 0 Å². The molecule has 7 heteroatoms. The molecule has 2 heterocycles. The van der Waals surface area contributed by atoms with Crippen LogP contribution < -0.4 is 0 Å². The van der Waals surface area contributed by atoms with Gasteiger partial charge in [-0.15, -0.1) is 15.1 Å². The molecular formula is C8H8N2O5. The Morgan fingerprint density at radius 3 is 1.20 bits per heavy atom. The molecule has 2 aliphatic heterocycles. The summed E-state index contributed by atoms with van der Waals surface area (Å²) >= 11 is 0. The SMILES string of the molecule is O=C1CCC(=O)N1ON1C(=O)CCC1=O. The Balaban J connectivity index is 2.08. The second-order valence-corrected chi connectivity index (χ2v) is 3.25. The van der Waals surface area contributed by atoms with Crippen molar-refractivity contribution in [1.82, 2.24) is 10.1 Å². The number of carbonyl (C=O) groups is 4. The molecule has 7 nitrogen and oxygen atoms in total. The Morgan fingerprint density at radius 2 is 0.933 bits per heavy atom. The molecule has 80 valence electrons. The highest BCUT2D eigenvalue weighted by Crippen LogP contribution is 2.18. The van der Waals surface area contributed by atoms with Gasteiger partial charge in [0.15, 0.2) is 0 Å². The van der Waals surface area contributed by atoms with E-state index in [2.05, 4.69) is 4.94 Å². The van der Waals surface area contributed by atoms with Crippen molar-refractivity contribution in [2.24, 2.45) is 0 Å². The largest absolute Gasteiger partial charge is 0.272 e. The molecule has 0 bridgehead atoms. The second kappa shape index (κ2) is 3.43. The summed E-state index contributed by atoms with van der Waals surface area (Å²) in [6, 6.07) is 0. The van der Waals surface area contributed by atoms with Gasteiger partial charge in [0.05, 0.1) is 0 Å². The maximum absolute atomic E-state index is 11.1. The van der Waals surface area contributed by atoms with Gasteiger partial charge in [0.2, 0.25) is 0 Å². The van der Waals surface area contributed by atoms with Crippen molar-refractivity contribution in [3.05, 3.63) is 0 Å². The Labute approximate surface area is 84.5 Å². The summed E-state index contributed by atoms with van der Waals surface area (Å²) < 4.78 is 0. The van der Waals surface area contributed by atoms with E-state index >= 15 is 0 Å². The van der Waals surface area contributed by atoms with Crippen molar-refractivity contribution in [3.8, 4) is 0 Å². The molecule has 15 heavy (non-hydrogen) atoms. The number of amides is 4. The molecule has 2 aliphatic rings. The van der Waals surface area contributed by atoms with E-state index in [9.17, 15) is 19.2 Å². The lowest BCUT2D eigenvalue weighted by atomic mass is 10.4. The van der Waals surface area contributed by atoms with Crippen molar-refractivity contribution in [2.75, 3.05) is 0 Å². The normalized spacial score (nSPS) is 22.1. The highest BCUT2D eigenvalue weighted by atomic mass is 16.9. The van der Waals surface area contributed by atoms with Crippen molar-refractivity contribution >= 4 is 23.6 Å². The van der Waals surface area contributed by atoms with Gasteiger partial charge in [0, 0.05) is 25.7 Å². The first kappa shape index (κ1) is 9.78. The third-order valence-electron chi connectivity index (χ3n) is 2.17. The fraction of sp³-hybridized carbons (Fsp3) is 0.500. The van der Waals surface area contributed by atoms with Crippen LogP contribution in [0, 0.1) is 0 Å². The van der Waals surface area contributed by atoms with E-state index in [1.54, 1.807) is 0 Å². The third-order valence-corrected chi connectivity index (χ3v) is 2.17. The van der Waals surface area contributed by atoms with Gasteiger partial charge in [-0.05, 0) is 0 Å². The number of hydrogen-bond acceptors (Lipinski definition) is 5. The van der Waals surface area contributed by atoms with Crippen LogP contribution in [0.1, 0.15) is 25.7 Å². The van der Waals surface area contributed by atoms with Gasteiger partial charge in [0.1, 0.15) is 0 Å². The van der Waals surface area contributed by atoms with Crippen molar-refractivity contribution < 1.29 is 24.1 Å². The molecule has 2 fully saturated rings. The maximum Gasteiger partial charge on any atom is 0.256 e. The van der Waals surface area contributed by atoms with Gasteiger partial charge in [-0.3, -0.25) is 19.2 Å². The van der Waals surface area contributed by atoms with E-state index in [0.29, 0.717) is 10.1 Å². The topological polar surface area (TPSA) is 84.0 Å². The predicted octanol–water partition coefficient (Wildman–Crippen LogP) is -0.869. The van der Waals surface area contributed by atoms with Gasteiger partial charge in [-0.25, -0.2) is 0 Å². The van der Waals surface area contributed by atoms with Gasteiger partial charge >= 0.3 is 0 Å². The Morgan fingerprint density at radius 1 is 0.667 bits per heavy atom. The lowest BCUT2D eigenvalue weighted by Crippen LogP contribution is -2.40. The highest BCUT2D eigenvalue weighted by Gasteiger charge is 2.38. The number of hydroxylamine groups is 4. The van der Waals surface area contributed by atoms with E-state index in [0.717, 1.165) is 0 Å². The first-order valence-electron chi connectivity index (χ1n) is 4.49. The summed E-state index contributed by atoms with van der Waals surface area (Å²) in [7, 11) is 0. The highest BCUT2D eigenvalue weighted by molar-refractivity contribution is 6.03. The molecule has 2 rings (SSSR count). The van der Waals surface area contributed by atoms with E-state index < -0.39 is 23.6 Å². The van der Waals surface area contributed by atoms with Crippen LogP contribution >= 0.6 is 0 Å². The molecule has 0 atom stereocenters. The van der Waals surface area contributed by atoms with Crippen molar-refractivity contribution in [3.63, 3.8) is 0 Å². The van der Waals surface area contributed by atoms with E-state index in [4.69, 9.17) is 0 Å². The van der Waals surface area contributed by atoms with Gasteiger partial charge in [-0.2, -0.15) is 0 Å². The summed E-state index contributed by atoms with van der Waals surface area (Å²) in [6.07, 6.45) is 0.203. The van der Waals surface area contributed by atoms with Crippen LogP contribution in [0.15, 0.2) is 0 Å². The fourth-order valence-electron chi connectivity index (χ4n) is 1.38. The summed E-state index contributed by atoms with van der Waals surface area (Å²) in [5.74, 6) is -2.14. The summed E-state index contributed by atoms with van der Waals surface area (Å²) in [4.78, 5) is 49.2. The molecular weight excluding hydrogens is 204 g/mol. The third kappa shape index (κ3) is 1.61. The van der Waals surface area contributed by atoms with Crippen molar-refractivity contribution in [2.45, 2.75) is 25.7 Å². The minimum absolute atomic E-state index is 0.0506. The minimum atomic E-state index is -0.535. The summed E-state index contributed by atoms with van der Waals surface area (Å²) in [5.41, 5.74) is 0. The predicted molar refractivity (Wildman–Crippen MR) is 43.3 cm³/mol. The molecule has 0 radical (unpaired) electrons. The molecule has 0 unspecified atom stereocenters. The molecule has 0 saturated carbocycles. The van der Waals surface area contributed by atoms with E-state index in [1.807, 2.05) is 0 Å². The second-order valence-electron chi connectivity index (χ2n) is 3.25. The van der Waals surface area contributed by atoms with Crippen LogP contribution in [-0.2, 0) is 24.1 Å². The zero-order chi connectivity index (χ0) is 11.0. The van der Waals surface area contributed by atoms with Crippen molar-refractivity contribution in [1.29, 1.82) is 0 Å². The van der Waals surface area contributed by atoms with Gasteiger partial charge in [0.25, 0.3) is 23.6 Å². The van der Waals surface area contributed by atoms with Crippen LogP contribution in [0.5, 0.6) is 0 Å². The lowest BCUT2D eigenvalue weighted by molar-refractivity contribution is -0.268. The molecule has 0 aromatic rings. The Kier molecular flexibility index (Phi) is 2.24. The number of hydrogen-bond donors (Lipinski definition) is 0. The first-order valence-corrected chi connectivity index (χ1v) is 4.49. The average Bonchev–Trinajstić information content (AvgIpc) is 2.67. The summed E-state index contributed by atoms with van der Waals surface area (Å²) in [5, 5.41) is 0.947. The number of rotatable bonds is 2. The van der Waals surface area contributed by atoms with Crippen LogP contribution in [0.4, 0.5) is 0 Å². The zero-order valence-corrected chi connectivity index (χ0v) is 7.76. The smallest absolute Gasteiger partial charge is 0.256 e. The van der Waals surface area contributed by atoms with Crippen LogP contribution in [0.2, 0.25) is 0 Å². The Hall–Kier alpha value is -1.76. The monoisotopic (exact) mass is 212 g/mol. The quantitative estimate of drug-likeness (QED) is 0.555. The number of imide groups is 2. The molecule has 4 amide bonds. The molecule has 0 spiro atoms.